The Bertz CT molecular complexity index is 751. The number of hydrogen-bond donors (Lipinski definition) is 3. The smallest absolute Gasteiger partial charge is 0.133 e. The van der Waals surface area contributed by atoms with Crippen molar-refractivity contribution < 1.29 is 0 Å². The minimum Gasteiger partial charge on any atom is -0.322 e. The van der Waals surface area contributed by atoms with Gasteiger partial charge in [-0.1, -0.05) is 17.3 Å². The number of hydrogen-bond acceptors (Lipinski definition) is 6. The maximum Gasteiger partial charge on any atom is 0.133 e. The number of nitrogens with zero attached hydrogens (tertiary/aromatic N) is 3. The van der Waals surface area contributed by atoms with Crippen molar-refractivity contribution in [2.75, 3.05) is 5.43 Å². The summed E-state index contributed by atoms with van der Waals surface area (Å²) in [5.74, 6) is 5.30. The summed E-state index contributed by atoms with van der Waals surface area (Å²) in [6.07, 6.45) is 0. The molecule has 0 aliphatic heterocycles. The van der Waals surface area contributed by atoms with Crippen LogP contribution in [-0.4, -0.2) is 15.4 Å². The molecule has 0 radical (unpaired) electrons. The molecule has 0 unspecified atom stereocenters. The summed E-state index contributed by atoms with van der Waals surface area (Å²) in [7, 11) is 0. The molecule has 0 amide bonds. The van der Waals surface area contributed by atoms with Crippen molar-refractivity contribution in [1.29, 1.82) is 0 Å². The number of H-pyrrole nitrogens is 1. The van der Waals surface area contributed by atoms with Crippen LogP contribution in [0.3, 0.4) is 0 Å². The zero-order chi connectivity index (χ0) is 13.2. The standard InChI is InChI=1S/C12H10N6O/c13-14-9-3-1-8(6-12(9)17-19)7-2-4-10-11(5-7)16-18-15-10/h1-6,14H,13H2,(H,15,16,18). The molecular weight excluding hydrogens is 244 g/mol. The molecule has 1 aromatic heterocycles. The number of nitrogens with two attached hydrogens (primary N) is 1. The average Bonchev–Trinajstić information content (AvgIpc) is 2.93. The van der Waals surface area contributed by atoms with E-state index in [-0.39, 0.29) is 5.69 Å². The van der Waals surface area contributed by atoms with Gasteiger partial charge in [0.1, 0.15) is 11.2 Å². The second kappa shape index (κ2) is 4.46. The highest BCUT2D eigenvalue weighted by Gasteiger charge is 2.06. The van der Waals surface area contributed by atoms with Gasteiger partial charge in [-0.15, -0.1) is 10.0 Å². The number of benzene rings is 2. The lowest BCUT2D eigenvalue weighted by Gasteiger charge is -2.06. The van der Waals surface area contributed by atoms with E-state index in [2.05, 4.69) is 26.0 Å². The molecule has 1 heterocycles. The van der Waals surface area contributed by atoms with E-state index in [1.807, 2.05) is 24.3 Å². The number of nitroso groups, excluding NO2 is 1. The van der Waals surface area contributed by atoms with Gasteiger partial charge in [-0.3, -0.25) is 10.9 Å². The van der Waals surface area contributed by atoms with Gasteiger partial charge in [0.05, 0.1) is 11.2 Å². The Morgan fingerprint density at radius 1 is 1.16 bits per heavy atom. The summed E-state index contributed by atoms with van der Waals surface area (Å²) in [6.45, 7) is 0. The van der Waals surface area contributed by atoms with E-state index >= 15 is 0 Å². The zero-order valence-corrected chi connectivity index (χ0v) is 9.79. The first kappa shape index (κ1) is 11.3. The monoisotopic (exact) mass is 254 g/mol. The summed E-state index contributed by atoms with van der Waals surface area (Å²) in [4.78, 5) is 10.8. The molecule has 94 valence electrons. The number of aromatic amines is 1. The Kier molecular flexibility index (Phi) is 2.66. The van der Waals surface area contributed by atoms with Crippen molar-refractivity contribution in [3.05, 3.63) is 41.3 Å². The Balaban J connectivity index is 2.12. The highest BCUT2D eigenvalue weighted by molar-refractivity contribution is 5.83. The van der Waals surface area contributed by atoms with Gasteiger partial charge in [0, 0.05) is 0 Å². The molecule has 0 aliphatic carbocycles. The van der Waals surface area contributed by atoms with E-state index in [9.17, 15) is 4.91 Å². The van der Waals surface area contributed by atoms with Crippen molar-refractivity contribution in [3.63, 3.8) is 0 Å². The fraction of sp³-hybridized carbons (Fsp3) is 0. The minimum atomic E-state index is 0.264. The Morgan fingerprint density at radius 2 is 1.95 bits per heavy atom. The third kappa shape index (κ3) is 1.91. The first-order valence-corrected chi connectivity index (χ1v) is 5.57. The second-order valence-electron chi connectivity index (χ2n) is 4.01. The van der Waals surface area contributed by atoms with Gasteiger partial charge in [0.25, 0.3) is 0 Å². The van der Waals surface area contributed by atoms with Gasteiger partial charge in [-0.2, -0.15) is 0 Å². The van der Waals surface area contributed by atoms with Gasteiger partial charge < -0.3 is 5.43 Å². The Hall–Kier alpha value is -2.80. The Labute approximate surface area is 107 Å². The molecule has 4 N–H and O–H groups in total. The lowest BCUT2D eigenvalue weighted by atomic mass is 10.0. The highest BCUT2D eigenvalue weighted by Crippen LogP contribution is 2.31. The predicted octanol–water partition coefficient (Wildman–Crippen LogP) is 2.31. The van der Waals surface area contributed by atoms with Crippen molar-refractivity contribution in [2.45, 2.75) is 0 Å². The molecule has 19 heavy (non-hydrogen) atoms. The molecule has 0 bridgehead atoms. The van der Waals surface area contributed by atoms with Crippen molar-refractivity contribution in [3.8, 4) is 11.1 Å². The molecule has 0 saturated heterocycles. The summed E-state index contributed by atoms with van der Waals surface area (Å²) in [5.41, 5.74) is 6.59. The molecular formula is C12H10N6O. The molecule has 3 aromatic rings. The van der Waals surface area contributed by atoms with Gasteiger partial charge in [-0.25, -0.2) is 0 Å². The number of anilines is 1. The number of rotatable bonds is 3. The normalized spacial score (nSPS) is 10.6. The van der Waals surface area contributed by atoms with Gasteiger partial charge in [0.2, 0.25) is 0 Å². The molecule has 0 fully saturated rings. The van der Waals surface area contributed by atoms with Crippen molar-refractivity contribution >= 4 is 22.4 Å². The SMILES string of the molecule is NNc1ccc(-c2ccc3[nH]nnc3c2)cc1N=O. The molecule has 3 rings (SSSR count). The van der Waals surface area contributed by atoms with Crippen LogP contribution in [0.25, 0.3) is 22.2 Å². The minimum absolute atomic E-state index is 0.264. The highest BCUT2D eigenvalue weighted by atomic mass is 16.3. The summed E-state index contributed by atoms with van der Waals surface area (Å²) in [5, 5.41) is 13.4. The van der Waals surface area contributed by atoms with Crippen molar-refractivity contribution in [1.82, 2.24) is 15.4 Å². The lowest BCUT2D eigenvalue weighted by Crippen LogP contribution is -2.06. The van der Waals surface area contributed by atoms with Crippen LogP contribution in [-0.2, 0) is 0 Å². The van der Waals surface area contributed by atoms with Crippen LogP contribution in [0, 0.1) is 4.91 Å². The third-order valence-electron chi connectivity index (χ3n) is 2.91. The second-order valence-corrected chi connectivity index (χ2v) is 4.01. The summed E-state index contributed by atoms with van der Waals surface area (Å²) in [6, 6.07) is 10.9. The predicted molar refractivity (Wildman–Crippen MR) is 72.6 cm³/mol. The van der Waals surface area contributed by atoms with Gasteiger partial charge >= 0.3 is 0 Å². The van der Waals surface area contributed by atoms with Crippen LogP contribution in [0.2, 0.25) is 0 Å². The number of nitrogen functional groups attached to an aromatic ring is 1. The Morgan fingerprint density at radius 3 is 2.74 bits per heavy atom. The largest absolute Gasteiger partial charge is 0.322 e. The van der Waals surface area contributed by atoms with Crippen molar-refractivity contribution in [2.24, 2.45) is 11.0 Å². The molecule has 7 heteroatoms. The van der Waals surface area contributed by atoms with Crippen LogP contribution in [0.5, 0.6) is 0 Å². The first-order valence-electron chi connectivity index (χ1n) is 5.57. The number of fused-ring (bicyclic) bond motifs is 1. The average molecular weight is 254 g/mol. The fourth-order valence-corrected chi connectivity index (χ4v) is 1.93. The molecule has 0 saturated carbocycles. The third-order valence-corrected chi connectivity index (χ3v) is 2.91. The zero-order valence-electron chi connectivity index (χ0n) is 9.79. The van der Waals surface area contributed by atoms with E-state index in [4.69, 9.17) is 5.84 Å². The number of nitrogens with one attached hydrogen (secondary N) is 2. The fourth-order valence-electron chi connectivity index (χ4n) is 1.93. The molecule has 0 aliphatic rings. The molecule has 0 atom stereocenters. The van der Waals surface area contributed by atoms with Crippen LogP contribution >= 0.6 is 0 Å². The van der Waals surface area contributed by atoms with Gasteiger partial charge in [0.15, 0.2) is 0 Å². The summed E-state index contributed by atoms with van der Waals surface area (Å²) < 4.78 is 0. The maximum absolute atomic E-state index is 10.8. The van der Waals surface area contributed by atoms with Crippen LogP contribution < -0.4 is 11.3 Å². The van der Waals surface area contributed by atoms with E-state index in [1.165, 1.54) is 0 Å². The summed E-state index contributed by atoms with van der Waals surface area (Å²) >= 11 is 0. The van der Waals surface area contributed by atoms with Gasteiger partial charge in [-0.05, 0) is 40.6 Å². The van der Waals surface area contributed by atoms with Crippen LogP contribution in [0.1, 0.15) is 0 Å². The maximum atomic E-state index is 10.8. The number of aromatic nitrogens is 3. The topological polar surface area (TPSA) is 109 Å². The van der Waals surface area contributed by atoms with Crippen LogP contribution in [0.15, 0.2) is 41.6 Å². The van der Waals surface area contributed by atoms with E-state index in [0.29, 0.717) is 5.69 Å². The quantitative estimate of drug-likeness (QED) is 0.377. The molecule has 2 aromatic carbocycles. The van der Waals surface area contributed by atoms with E-state index < -0.39 is 0 Å². The molecule has 7 nitrogen and oxygen atoms in total. The van der Waals surface area contributed by atoms with E-state index in [0.717, 1.165) is 22.2 Å². The van der Waals surface area contributed by atoms with Crippen LogP contribution in [0.4, 0.5) is 11.4 Å². The van der Waals surface area contributed by atoms with E-state index in [1.54, 1.807) is 12.1 Å². The first-order chi connectivity index (χ1) is 9.31. The lowest BCUT2D eigenvalue weighted by molar-refractivity contribution is 0.959. The number of hydrazine groups is 1. The molecule has 0 spiro atoms.